The number of nitrogens with one attached hydrogen (secondary N) is 3. The van der Waals surface area contributed by atoms with Crippen molar-refractivity contribution in [3.8, 4) is 5.75 Å². The molecule has 0 unspecified atom stereocenters. The van der Waals surface area contributed by atoms with E-state index in [4.69, 9.17) is 17.0 Å². The standard InChI is InChI=1S/C25H25N3O3S/c1-2-26-23(29)19-12-6-8-14-21(19)27-25(32)28-24(30)20-13-7-9-15-22(20)31-17-16-18-10-4-3-5-11-18/h3-15H,2,16-17H2,1H3,(H,26,29)(H2,27,28,30,32). The van der Waals surface area contributed by atoms with E-state index in [2.05, 4.69) is 16.0 Å². The van der Waals surface area contributed by atoms with E-state index in [1.165, 1.54) is 0 Å². The van der Waals surface area contributed by atoms with Crippen LogP contribution < -0.4 is 20.7 Å². The van der Waals surface area contributed by atoms with Crippen molar-refractivity contribution in [1.29, 1.82) is 0 Å². The molecule has 164 valence electrons. The summed E-state index contributed by atoms with van der Waals surface area (Å²) in [6, 6.07) is 24.0. The van der Waals surface area contributed by atoms with Crippen molar-refractivity contribution in [3.05, 3.63) is 95.6 Å². The maximum Gasteiger partial charge on any atom is 0.261 e. The summed E-state index contributed by atoms with van der Waals surface area (Å²) < 4.78 is 5.86. The third-order valence-electron chi connectivity index (χ3n) is 4.61. The third-order valence-corrected chi connectivity index (χ3v) is 4.81. The number of hydrogen-bond donors (Lipinski definition) is 3. The summed E-state index contributed by atoms with van der Waals surface area (Å²) in [4.78, 5) is 25.1. The van der Waals surface area contributed by atoms with Crippen molar-refractivity contribution >= 4 is 34.8 Å². The molecule has 32 heavy (non-hydrogen) atoms. The van der Waals surface area contributed by atoms with Crippen molar-refractivity contribution in [3.63, 3.8) is 0 Å². The molecule has 0 fully saturated rings. The Morgan fingerprint density at radius 1 is 0.844 bits per heavy atom. The van der Waals surface area contributed by atoms with Gasteiger partial charge in [0.15, 0.2) is 5.11 Å². The number of ether oxygens (including phenoxy) is 1. The van der Waals surface area contributed by atoms with Crippen LogP contribution in [0.15, 0.2) is 78.9 Å². The van der Waals surface area contributed by atoms with Gasteiger partial charge in [-0.05, 0) is 49.0 Å². The minimum absolute atomic E-state index is 0.0887. The Bertz CT molecular complexity index is 1090. The van der Waals surface area contributed by atoms with E-state index in [0.717, 1.165) is 12.0 Å². The Balaban J connectivity index is 1.63. The quantitative estimate of drug-likeness (QED) is 0.452. The van der Waals surface area contributed by atoms with Gasteiger partial charge in [-0.25, -0.2) is 0 Å². The lowest BCUT2D eigenvalue weighted by Crippen LogP contribution is -2.35. The second-order valence-corrected chi connectivity index (χ2v) is 7.30. The highest BCUT2D eigenvalue weighted by atomic mass is 32.1. The molecule has 3 aromatic carbocycles. The highest BCUT2D eigenvalue weighted by molar-refractivity contribution is 7.80. The number of hydrogen-bond acceptors (Lipinski definition) is 4. The fourth-order valence-electron chi connectivity index (χ4n) is 3.07. The second-order valence-electron chi connectivity index (χ2n) is 6.89. The first-order valence-corrected chi connectivity index (χ1v) is 10.7. The Labute approximate surface area is 193 Å². The fraction of sp³-hybridized carbons (Fsp3) is 0.160. The van der Waals surface area contributed by atoms with E-state index in [-0.39, 0.29) is 11.0 Å². The maximum atomic E-state index is 12.8. The summed E-state index contributed by atoms with van der Waals surface area (Å²) in [5.41, 5.74) is 2.49. The third kappa shape index (κ3) is 6.39. The lowest BCUT2D eigenvalue weighted by atomic mass is 10.1. The maximum absolute atomic E-state index is 12.8. The number of para-hydroxylation sites is 2. The van der Waals surface area contributed by atoms with Crippen LogP contribution in [0.3, 0.4) is 0 Å². The van der Waals surface area contributed by atoms with Gasteiger partial charge in [0.25, 0.3) is 11.8 Å². The molecule has 0 spiro atoms. The highest BCUT2D eigenvalue weighted by Crippen LogP contribution is 2.19. The van der Waals surface area contributed by atoms with E-state index in [0.29, 0.717) is 35.7 Å². The molecule has 0 aromatic heterocycles. The SMILES string of the molecule is CCNC(=O)c1ccccc1NC(=S)NC(=O)c1ccccc1OCCc1ccccc1. The van der Waals surface area contributed by atoms with Crippen LogP contribution in [0, 0.1) is 0 Å². The summed E-state index contributed by atoms with van der Waals surface area (Å²) in [5.74, 6) is -0.137. The van der Waals surface area contributed by atoms with Crippen LogP contribution in [0.4, 0.5) is 5.69 Å². The molecule has 0 saturated heterocycles. The first kappa shape index (κ1) is 23.0. The summed E-state index contributed by atoms with van der Waals surface area (Å²) in [6.07, 6.45) is 0.730. The molecule has 0 aliphatic heterocycles. The van der Waals surface area contributed by atoms with Crippen molar-refractivity contribution in [2.75, 3.05) is 18.5 Å². The molecular weight excluding hydrogens is 422 g/mol. The van der Waals surface area contributed by atoms with E-state index in [1.54, 1.807) is 42.5 Å². The highest BCUT2D eigenvalue weighted by Gasteiger charge is 2.15. The molecule has 2 amide bonds. The number of carbonyl (C=O) groups excluding carboxylic acids is 2. The fourth-order valence-corrected chi connectivity index (χ4v) is 3.28. The number of anilines is 1. The minimum Gasteiger partial charge on any atom is -0.492 e. The first-order valence-electron chi connectivity index (χ1n) is 10.3. The zero-order valence-electron chi connectivity index (χ0n) is 17.8. The summed E-state index contributed by atoms with van der Waals surface area (Å²) in [6.45, 7) is 2.80. The van der Waals surface area contributed by atoms with Crippen LogP contribution in [0.1, 0.15) is 33.2 Å². The van der Waals surface area contributed by atoms with Crippen LogP contribution in [-0.4, -0.2) is 30.1 Å². The van der Waals surface area contributed by atoms with Crippen LogP contribution in [0.25, 0.3) is 0 Å². The molecule has 0 saturated carbocycles. The van der Waals surface area contributed by atoms with Crippen molar-refractivity contribution in [2.45, 2.75) is 13.3 Å². The van der Waals surface area contributed by atoms with Gasteiger partial charge in [-0.1, -0.05) is 54.6 Å². The molecule has 3 N–H and O–H groups in total. The average molecular weight is 448 g/mol. The van der Waals surface area contributed by atoms with Crippen LogP contribution in [-0.2, 0) is 6.42 Å². The van der Waals surface area contributed by atoms with E-state index in [9.17, 15) is 9.59 Å². The number of thiocarbonyl (C=S) groups is 1. The molecule has 0 radical (unpaired) electrons. The summed E-state index contributed by atoms with van der Waals surface area (Å²) in [7, 11) is 0. The van der Waals surface area contributed by atoms with E-state index >= 15 is 0 Å². The van der Waals surface area contributed by atoms with Crippen molar-refractivity contribution in [2.24, 2.45) is 0 Å². The molecular formula is C25H25N3O3S. The first-order chi connectivity index (χ1) is 15.6. The molecule has 0 atom stereocenters. The largest absolute Gasteiger partial charge is 0.492 e. The molecule has 0 aliphatic carbocycles. The second kappa shape index (κ2) is 11.6. The number of benzene rings is 3. The zero-order chi connectivity index (χ0) is 22.8. The molecule has 3 rings (SSSR count). The predicted molar refractivity (Wildman–Crippen MR) is 130 cm³/mol. The van der Waals surface area contributed by atoms with Gasteiger partial charge in [-0.3, -0.25) is 14.9 Å². The van der Waals surface area contributed by atoms with Gasteiger partial charge in [0.1, 0.15) is 5.75 Å². The number of amides is 2. The minimum atomic E-state index is -0.395. The molecule has 7 heteroatoms. The average Bonchev–Trinajstić information content (AvgIpc) is 2.80. The van der Waals surface area contributed by atoms with E-state index < -0.39 is 5.91 Å². The van der Waals surface area contributed by atoms with Crippen LogP contribution in [0.2, 0.25) is 0 Å². The summed E-state index contributed by atoms with van der Waals surface area (Å²) >= 11 is 5.30. The van der Waals surface area contributed by atoms with Crippen molar-refractivity contribution in [1.82, 2.24) is 10.6 Å². The topological polar surface area (TPSA) is 79.5 Å². The van der Waals surface area contributed by atoms with E-state index in [1.807, 2.05) is 43.3 Å². The number of carbonyl (C=O) groups is 2. The van der Waals surface area contributed by atoms with Gasteiger partial charge < -0.3 is 15.4 Å². The van der Waals surface area contributed by atoms with Gasteiger partial charge in [0, 0.05) is 13.0 Å². The molecule has 0 heterocycles. The van der Waals surface area contributed by atoms with Crippen LogP contribution >= 0.6 is 12.2 Å². The van der Waals surface area contributed by atoms with Crippen molar-refractivity contribution < 1.29 is 14.3 Å². The Morgan fingerprint density at radius 3 is 2.25 bits per heavy atom. The predicted octanol–water partition coefficient (Wildman–Crippen LogP) is 4.18. The lowest BCUT2D eigenvalue weighted by Gasteiger charge is -2.15. The zero-order valence-corrected chi connectivity index (χ0v) is 18.6. The van der Waals surface area contributed by atoms with Gasteiger partial charge in [0.05, 0.1) is 23.4 Å². The normalized spacial score (nSPS) is 10.2. The van der Waals surface area contributed by atoms with Gasteiger partial charge in [-0.15, -0.1) is 0 Å². The monoisotopic (exact) mass is 447 g/mol. The Hall–Kier alpha value is -3.71. The molecule has 0 aliphatic rings. The molecule has 6 nitrogen and oxygen atoms in total. The van der Waals surface area contributed by atoms with Gasteiger partial charge >= 0.3 is 0 Å². The Kier molecular flexibility index (Phi) is 8.34. The van der Waals surface area contributed by atoms with Crippen LogP contribution in [0.5, 0.6) is 5.75 Å². The lowest BCUT2D eigenvalue weighted by molar-refractivity contribution is 0.0954. The smallest absolute Gasteiger partial charge is 0.261 e. The van der Waals surface area contributed by atoms with Gasteiger partial charge in [0.2, 0.25) is 0 Å². The molecule has 3 aromatic rings. The molecule has 0 bridgehead atoms. The summed E-state index contributed by atoms with van der Waals surface area (Å²) in [5, 5.41) is 8.44. The number of rotatable bonds is 8. The van der Waals surface area contributed by atoms with Gasteiger partial charge in [-0.2, -0.15) is 0 Å². The Morgan fingerprint density at radius 2 is 1.50 bits per heavy atom.